The van der Waals surface area contributed by atoms with Gasteiger partial charge in [0.2, 0.25) is 0 Å². The Kier molecular flexibility index (Phi) is 11.1. The van der Waals surface area contributed by atoms with Gasteiger partial charge in [-0.05, 0) is 31.7 Å². The van der Waals surface area contributed by atoms with Gasteiger partial charge in [-0.2, -0.15) is 0 Å². The van der Waals surface area contributed by atoms with Gasteiger partial charge in [-0.1, -0.05) is 62.9 Å². The summed E-state index contributed by atoms with van der Waals surface area (Å²) in [6.45, 7) is 6.49. The van der Waals surface area contributed by atoms with E-state index in [4.69, 9.17) is 5.11 Å². The topological polar surface area (TPSA) is 20.2 Å². The van der Waals surface area contributed by atoms with Gasteiger partial charge in [-0.15, -0.1) is 0 Å². The van der Waals surface area contributed by atoms with E-state index in [0.717, 1.165) is 6.42 Å². The number of aryl methyl sites for hydroxylation is 2. The lowest BCUT2D eigenvalue weighted by Gasteiger charge is -2.02. The van der Waals surface area contributed by atoms with Crippen LogP contribution in [-0.2, 0) is 6.42 Å². The fourth-order valence-corrected chi connectivity index (χ4v) is 1.84. The van der Waals surface area contributed by atoms with Crippen molar-refractivity contribution in [1.29, 1.82) is 0 Å². The van der Waals surface area contributed by atoms with Crippen LogP contribution in [0.15, 0.2) is 24.3 Å². The fourth-order valence-electron chi connectivity index (χ4n) is 1.84. The van der Waals surface area contributed by atoms with Crippen molar-refractivity contribution in [3.8, 4) is 0 Å². The third kappa shape index (κ3) is 8.93. The molecule has 0 unspecified atom stereocenters. The molecule has 1 heteroatoms. The SMILES string of the molecule is CC.Cc1cccc(CCCCCCCO)c1. The molecule has 1 N–H and O–H groups in total. The normalized spacial score (nSPS) is 9.65. The van der Waals surface area contributed by atoms with Crippen molar-refractivity contribution in [2.75, 3.05) is 6.61 Å². The Morgan fingerprint density at radius 2 is 1.59 bits per heavy atom. The Hall–Kier alpha value is -0.820. The molecule has 17 heavy (non-hydrogen) atoms. The summed E-state index contributed by atoms with van der Waals surface area (Å²) < 4.78 is 0. The summed E-state index contributed by atoms with van der Waals surface area (Å²) in [4.78, 5) is 0. The summed E-state index contributed by atoms with van der Waals surface area (Å²) in [5.41, 5.74) is 2.81. The highest BCUT2D eigenvalue weighted by Gasteiger charge is 1.94. The first-order valence-corrected chi connectivity index (χ1v) is 6.99. The molecule has 0 aliphatic heterocycles. The molecule has 1 rings (SSSR count). The summed E-state index contributed by atoms with van der Waals surface area (Å²) in [5.74, 6) is 0. The second-order valence-electron chi connectivity index (χ2n) is 4.23. The van der Waals surface area contributed by atoms with Crippen molar-refractivity contribution < 1.29 is 5.11 Å². The first-order valence-electron chi connectivity index (χ1n) is 6.99. The average molecular weight is 236 g/mol. The van der Waals surface area contributed by atoms with Gasteiger partial charge in [0.25, 0.3) is 0 Å². The quantitative estimate of drug-likeness (QED) is 0.691. The van der Waals surface area contributed by atoms with Gasteiger partial charge in [0.15, 0.2) is 0 Å². The summed E-state index contributed by atoms with van der Waals surface area (Å²) in [5, 5.41) is 8.63. The summed E-state index contributed by atoms with van der Waals surface area (Å²) in [6, 6.07) is 8.76. The lowest BCUT2D eigenvalue weighted by molar-refractivity contribution is 0.282. The molecule has 0 saturated heterocycles. The van der Waals surface area contributed by atoms with Crippen molar-refractivity contribution >= 4 is 0 Å². The van der Waals surface area contributed by atoms with E-state index in [-0.39, 0.29) is 0 Å². The first-order chi connectivity index (χ1) is 8.33. The van der Waals surface area contributed by atoms with Crippen LogP contribution in [-0.4, -0.2) is 11.7 Å². The molecule has 98 valence electrons. The maximum atomic E-state index is 8.63. The predicted octanol–water partition coefficient (Wildman–Crippen LogP) is 4.51. The van der Waals surface area contributed by atoms with Gasteiger partial charge in [0, 0.05) is 6.61 Å². The van der Waals surface area contributed by atoms with E-state index in [1.165, 1.54) is 43.2 Å². The number of benzene rings is 1. The van der Waals surface area contributed by atoms with Crippen molar-refractivity contribution in [3.05, 3.63) is 35.4 Å². The number of unbranched alkanes of at least 4 members (excludes halogenated alkanes) is 4. The zero-order chi connectivity index (χ0) is 12.9. The highest BCUT2D eigenvalue weighted by atomic mass is 16.2. The molecule has 0 saturated carbocycles. The van der Waals surface area contributed by atoms with Gasteiger partial charge in [0.05, 0.1) is 0 Å². The fraction of sp³-hybridized carbons (Fsp3) is 0.625. The van der Waals surface area contributed by atoms with Crippen LogP contribution in [0.25, 0.3) is 0 Å². The van der Waals surface area contributed by atoms with Gasteiger partial charge >= 0.3 is 0 Å². The van der Waals surface area contributed by atoms with Crippen molar-refractivity contribution in [1.82, 2.24) is 0 Å². The minimum absolute atomic E-state index is 0.345. The number of hydrogen-bond donors (Lipinski definition) is 1. The molecule has 1 aromatic rings. The molecular formula is C16H28O. The van der Waals surface area contributed by atoms with Gasteiger partial charge in [0.1, 0.15) is 0 Å². The van der Waals surface area contributed by atoms with Crippen LogP contribution in [0.2, 0.25) is 0 Å². The van der Waals surface area contributed by atoms with E-state index < -0.39 is 0 Å². The molecule has 0 aliphatic carbocycles. The van der Waals surface area contributed by atoms with E-state index in [9.17, 15) is 0 Å². The summed E-state index contributed by atoms with van der Waals surface area (Å²) >= 11 is 0. The zero-order valence-corrected chi connectivity index (χ0v) is 11.7. The summed E-state index contributed by atoms with van der Waals surface area (Å²) in [6.07, 6.45) is 7.14. The van der Waals surface area contributed by atoms with E-state index in [1.54, 1.807) is 0 Å². The minimum Gasteiger partial charge on any atom is -0.396 e. The number of aliphatic hydroxyl groups is 1. The summed E-state index contributed by atoms with van der Waals surface area (Å²) in [7, 11) is 0. The van der Waals surface area contributed by atoms with Crippen LogP contribution in [0.5, 0.6) is 0 Å². The van der Waals surface area contributed by atoms with E-state index >= 15 is 0 Å². The third-order valence-electron chi connectivity index (χ3n) is 2.71. The number of aliphatic hydroxyl groups excluding tert-OH is 1. The number of rotatable bonds is 7. The van der Waals surface area contributed by atoms with Crippen molar-refractivity contribution in [3.63, 3.8) is 0 Å². The monoisotopic (exact) mass is 236 g/mol. The van der Waals surface area contributed by atoms with Gasteiger partial charge in [-0.3, -0.25) is 0 Å². The molecule has 1 nitrogen and oxygen atoms in total. The Bertz CT molecular complexity index is 268. The van der Waals surface area contributed by atoms with Crippen molar-refractivity contribution in [2.24, 2.45) is 0 Å². The molecule has 0 fully saturated rings. The van der Waals surface area contributed by atoms with Crippen LogP contribution in [0.3, 0.4) is 0 Å². The second kappa shape index (κ2) is 11.7. The largest absolute Gasteiger partial charge is 0.396 e. The van der Waals surface area contributed by atoms with E-state index in [1.807, 2.05) is 13.8 Å². The molecule has 0 atom stereocenters. The predicted molar refractivity (Wildman–Crippen MR) is 76.4 cm³/mol. The van der Waals surface area contributed by atoms with Crippen LogP contribution in [0.1, 0.15) is 57.1 Å². The smallest absolute Gasteiger partial charge is 0.0431 e. The highest BCUT2D eigenvalue weighted by molar-refractivity contribution is 5.22. The van der Waals surface area contributed by atoms with Gasteiger partial charge in [-0.25, -0.2) is 0 Å². The minimum atomic E-state index is 0.345. The Balaban J connectivity index is 0.00000121. The molecule has 0 bridgehead atoms. The second-order valence-corrected chi connectivity index (χ2v) is 4.23. The molecule has 0 spiro atoms. The van der Waals surface area contributed by atoms with Gasteiger partial charge < -0.3 is 5.11 Å². The van der Waals surface area contributed by atoms with E-state index in [2.05, 4.69) is 31.2 Å². The van der Waals surface area contributed by atoms with E-state index in [0.29, 0.717) is 6.61 Å². The Morgan fingerprint density at radius 3 is 2.24 bits per heavy atom. The average Bonchev–Trinajstić information content (AvgIpc) is 2.36. The zero-order valence-electron chi connectivity index (χ0n) is 11.7. The number of hydrogen-bond acceptors (Lipinski definition) is 1. The lowest BCUT2D eigenvalue weighted by atomic mass is 10.0. The van der Waals surface area contributed by atoms with Crippen LogP contribution in [0, 0.1) is 6.92 Å². The molecule has 0 aromatic heterocycles. The Morgan fingerprint density at radius 1 is 0.941 bits per heavy atom. The molecule has 0 heterocycles. The third-order valence-corrected chi connectivity index (χ3v) is 2.71. The lowest BCUT2D eigenvalue weighted by Crippen LogP contribution is -1.88. The maximum absolute atomic E-state index is 8.63. The molecule has 1 aromatic carbocycles. The molecule has 0 aliphatic rings. The Labute approximate surface area is 107 Å². The standard InChI is InChI=1S/C14H22O.C2H6/c1-13-8-7-10-14(12-13)9-5-3-2-4-6-11-15;1-2/h7-8,10,12,15H,2-6,9,11H2,1H3;1-2H3. The van der Waals surface area contributed by atoms with Crippen LogP contribution < -0.4 is 0 Å². The molecule has 0 amide bonds. The molecular weight excluding hydrogens is 208 g/mol. The van der Waals surface area contributed by atoms with Crippen molar-refractivity contribution in [2.45, 2.75) is 59.3 Å². The first kappa shape index (κ1) is 16.2. The van der Waals surface area contributed by atoms with Crippen LogP contribution in [0.4, 0.5) is 0 Å². The molecule has 0 radical (unpaired) electrons. The maximum Gasteiger partial charge on any atom is 0.0431 e. The van der Waals surface area contributed by atoms with Crippen LogP contribution >= 0.6 is 0 Å². The highest BCUT2D eigenvalue weighted by Crippen LogP contribution is 2.10.